The number of H-pyrrole nitrogens is 1. The molecule has 0 saturated carbocycles. The molecular weight excluding hydrogens is 272 g/mol. The van der Waals surface area contributed by atoms with E-state index in [4.69, 9.17) is 21.1 Å². The Hall–Kier alpha value is -2.28. The van der Waals surface area contributed by atoms with E-state index in [1.54, 1.807) is 6.07 Å². The third kappa shape index (κ3) is 2.76. The average Bonchev–Trinajstić information content (AvgIpc) is 2.93. The maximum Gasteiger partial charge on any atom is 0.293 e. The maximum absolute atomic E-state index is 11.8. The first-order chi connectivity index (χ1) is 9.15. The molecule has 1 amide bonds. The Morgan fingerprint density at radius 3 is 2.63 bits per heavy atom. The minimum Gasteiger partial charge on any atom is -0.495 e. The predicted molar refractivity (Wildman–Crippen MR) is 68.9 cm³/mol. The molecule has 19 heavy (non-hydrogen) atoms. The molecule has 1 aromatic carbocycles. The highest BCUT2D eigenvalue weighted by Crippen LogP contribution is 2.35. The van der Waals surface area contributed by atoms with Crippen LogP contribution in [0.1, 0.15) is 10.6 Å². The van der Waals surface area contributed by atoms with Gasteiger partial charge in [0.2, 0.25) is 5.82 Å². The number of ether oxygens (including phenoxy) is 2. The summed E-state index contributed by atoms with van der Waals surface area (Å²) >= 11 is 6.00. The molecule has 100 valence electrons. The molecule has 0 bridgehead atoms. The van der Waals surface area contributed by atoms with Crippen LogP contribution in [0, 0.1) is 0 Å². The molecule has 0 aliphatic rings. The summed E-state index contributed by atoms with van der Waals surface area (Å²) in [5, 5.41) is 9.03. The van der Waals surface area contributed by atoms with Gasteiger partial charge in [0.15, 0.2) is 0 Å². The lowest BCUT2D eigenvalue weighted by molar-refractivity contribution is 0.101. The second-order valence-corrected chi connectivity index (χ2v) is 3.88. The summed E-state index contributed by atoms with van der Waals surface area (Å²) in [6, 6.07) is 3.12. The van der Waals surface area contributed by atoms with Crippen molar-refractivity contribution in [1.29, 1.82) is 0 Å². The van der Waals surface area contributed by atoms with Crippen LogP contribution in [0.4, 0.5) is 5.69 Å². The monoisotopic (exact) mass is 282 g/mol. The Kier molecular flexibility index (Phi) is 3.86. The van der Waals surface area contributed by atoms with Crippen LogP contribution in [0.5, 0.6) is 11.5 Å². The van der Waals surface area contributed by atoms with Crippen LogP contribution in [0.15, 0.2) is 18.5 Å². The number of nitrogens with one attached hydrogen (secondary N) is 2. The van der Waals surface area contributed by atoms with E-state index < -0.39 is 5.91 Å². The summed E-state index contributed by atoms with van der Waals surface area (Å²) in [6.45, 7) is 0. The van der Waals surface area contributed by atoms with Gasteiger partial charge in [-0.2, -0.15) is 5.10 Å². The molecule has 1 heterocycles. The Labute approximate surface area is 113 Å². The highest BCUT2D eigenvalue weighted by Gasteiger charge is 2.15. The van der Waals surface area contributed by atoms with Crippen molar-refractivity contribution in [2.75, 3.05) is 19.5 Å². The lowest BCUT2D eigenvalue weighted by Gasteiger charge is -2.12. The zero-order valence-electron chi connectivity index (χ0n) is 10.2. The molecule has 8 heteroatoms. The number of amides is 1. The zero-order chi connectivity index (χ0) is 13.8. The quantitative estimate of drug-likeness (QED) is 0.891. The number of methoxy groups -OCH3 is 2. The fraction of sp³-hybridized carbons (Fsp3) is 0.182. The SMILES string of the molecule is COc1cc(OC)c(NC(=O)c2ncn[nH]2)cc1Cl. The van der Waals surface area contributed by atoms with Crippen molar-refractivity contribution in [3.8, 4) is 11.5 Å². The molecule has 2 rings (SSSR count). The first-order valence-corrected chi connectivity index (χ1v) is 5.61. The fourth-order valence-electron chi connectivity index (χ4n) is 1.45. The third-order valence-electron chi connectivity index (χ3n) is 2.35. The average molecular weight is 283 g/mol. The van der Waals surface area contributed by atoms with E-state index in [2.05, 4.69) is 20.5 Å². The Balaban J connectivity index is 2.29. The van der Waals surface area contributed by atoms with Gasteiger partial charge in [0, 0.05) is 6.07 Å². The van der Waals surface area contributed by atoms with Crippen LogP contribution in [-0.2, 0) is 0 Å². The summed E-state index contributed by atoms with van der Waals surface area (Å²) in [7, 11) is 2.97. The van der Waals surface area contributed by atoms with Gasteiger partial charge in [0.25, 0.3) is 5.91 Å². The summed E-state index contributed by atoms with van der Waals surface area (Å²) in [4.78, 5) is 15.6. The number of carbonyl (C=O) groups excluding carboxylic acids is 1. The molecule has 0 atom stereocenters. The van der Waals surface area contributed by atoms with Crippen LogP contribution in [0.3, 0.4) is 0 Å². The predicted octanol–water partition coefficient (Wildman–Crippen LogP) is 1.73. The molecule has 0 fully saturated rings. The smallest absolute Gasteiger partial charge is 0.293 e. The van der Waals surface area contributed by atoms with Crippen LogP contribution in [0.2, 0.25) is 5.02 Å². The zero-order valence-corrected chi connectivity index (χ0v) is 11.0. The van der Waals surface area contributed by atoms with E-state index in [0.717, 1.165) is 0 Å². The first kappa shape index (κ1) is 13.2. The summed E-state index contributed by atoms with van der Waals surface area (Å²) in [5.41, 5.74) is 0.412. The standard InChI is InChI=1S/C11H11ClN4O3/c1-18-8-4-9(19-2)7(3-6(8)12)15-11(17)10-13-5-14-16-10/h3-5H,1-2H3,(H,15,17)(H,13,14,16). The number of aromatic amines is 1. The second kappa shape index (κ2) is 5.57. The Morgan fingerprint density at radius 1 is 1.32 bits per heavy atom. The topological polar surface area (TPSA) is 89.1 Å². The Morgan fingerprint density at radius 2 is 2.05 bits per heavy atom. The van der Waals surface area contributed by atoms with Gasteiger partial charge in [0.05, 0.1) is 24.9 Å². The van der Waals surface area contributed by atoms with E-state index in [1.807, 2.05) is 0 Å². The number of rotatable bonds is 4. The second-order valence-electron chi connectivity index (χ2n) is 3.48. The summed E-state index contributed by atoms with van der Waals surface area (Å²) < 4.78 is 10.2. The highest BCUT2D eigenvalue weighted by atomic mass is 35.5. The van der Waals surface area contributed by atoms with Crippen LogP contribution < -0.4 is 14.8 Å². The van der Waals surface area contributed by atoms with Crippen LogP contribution in [-0.4, -0.2) is 35.3 Å². The van der Waals surface area contributed by atoms with Crippen molar-refractivity contribution in [1.82, 2.24) is 15.2 Å². The largest absolute Gasteiger partial charge is 0.495 e. The molecule has 0 aliphatic heterocycles. The van der Waals surface area contributed by atoms with Gasteiger partial charge in [-0.25, -0.2) is 4.98 Å². The van der Waals surface area contributed by atoms with Gasteiger partial charge in [-0.15, -0.1) is 0 Å². The number of hydrogen-bond donors (Lipinski definition) is 2. The number of anilines is 1. The normalized spacial score (nSPS) is 10.1. The van der Waals surface area contributed by atoms with Crippen molar-refractivity contribution in [3.63, 3.8) is 0 Å². The number of aromatic nitrogens is 3. The molecule has 0 unspecified atom stereocenters. The van der Waals surface area contributed by atoms with Gasteiger partial charge in [-0.1, -0.05) is 11.6 Å². The molecule has 2 N–H and O–H groups in total. The summed E-state index contributed by atoms with van der Waals surface area (Å²) in [6.07, 6.45) is 1.24. The fourth-order valence-corrected chi connectivity index (χ4v) is 1.69. The Bertz CT molecular complexity index is 586. The number of halogens is 1. The van der Waals surface area contributed by atoms with Crippen molar-refractivity contribution < 1.29 is 14.3 Å². The van der Waals surface area contributed by atoms with Crippen molar-refractivity contribution in [3.05, 3.63) is 29.3 Å². The highest BCUT2D eigenvalue weighted by molar-refractivity contribution is 6.32. The van der Waals surface area contributed by atoms with E-state index in [-0.39, 0.29) is 5.82 Å². The molecule has 1 aromatic heterocycles. The van der Waals surface area contributed by atoms with Crippen LogP contribution in [0.25, 0.3) is 0 Å². The van der Waals surface area contributed by atoms with Crippen molar-refractivity contribution in [2.45, 2.75) is 0 Å². The third-order valence-corrected chi connectivity index (χ3v) is 2.65. The molecular formula is C11H11ClN4O3. The molecule has 0 aliphatic carbocycles. The van der Waals surface area contributed by atoms with Crippen molar-refractivity contribution >= 4 is 23.2 Å². The minimum absolute atomic E-state index is 0.0917. The molecule has 0 spiro atoms. The lowest BCUT2D eigenvalue weighted by atomic mass is 10.2. The van der Waals surface area contributed by atoms with E-state index in [0.29, 0.717) is 22.2 Å². The summed E-state index contributed by atoms with van der Waals surface area (Å²) in [5.74, 6) is 0.524. The van der Waals surface area contributed by atoms with Gasteiger partial charge in [-0.05, 0) is 6.07 Å². The van der Waals surface area contributed by atoms with Gasteiger partial charge < -0.3 is 14.8 Å². The van der Waals surface area contributed by atoms with E-state index >= 15 is 0 Å². The van der Waals surface area contributed by atoms with Crippen LogP contribution >= 0.6 is 11.6 Å². The number of nitrogens with zero attached hydrogens (tertiary/aromatic N) is 2. The maximum atomic E-state index is 11.8. The van der Waals surface area contributed by atoms with E-state index in [9.17, 15) is 4.79 Å². The van der Waals surface area contributed by atoms with Gasteiger partial charge in [-0.3, -0.25) is 9.89 Å². The van der Waals surface area contributed by atoms with Gasteiger partial charge in [0.1, 0.15) is 17.8 Å². The molecule has 2 aromatic rings. The minimum atomic E-state index is -0.447. The number of hydrogen-bond acceptors (Lipinski definition) is 5. The first-order valence-electron chi connectivity index (χ1n) is 5.24. The number of carbonyl (C=O) groups is 1. The number of benzene rings is 1. The molecule has 0 radical (unpaired) electrons. The van der Waals surface area contributed by atoms with Gasteiger partial charge >= 0.3 is 0 Å². The molecule has 7 nitrogen and oxygen atoms in total. The molecule has 0 saturated heterocycles. The van der Waals surface area contributed by atoms with Crippen molar-refractivity contribution in [2.24, 2.45) is 0 Å². The van der Waals surface area contributed by atoms with E-state index in [1.165, 1.54) is 26.6 Å². The lowest BCUT2D eigenvalue weighted by Crippen LogP contribution is -2.14.